The molecule has 1 aromatic carbocycles. The average Bonchev–Trinajstić information content (AvgIpc) is 3.00. The Morgan fingerprint density at radius 1 is 1.16 bits per heavy atom. The number of esters is 1. The third-order valence-electron chi connectivity index (χ3n) is 4.04. The molecule has 0 aliphatic carbocycles. The van der Waals surface area contributed by atoms with Crippen LogP contribution in [0, 0.1) is 13.8 Å². The molecular formula is C19H19N3O3. The Kier molecular flexibility index (Phi) is 4.52. The Hall–Kier alpha value is -3.15. The monoisotopic (exact) mass is 337 g/mol. The van der Waals surface area contributed by atoms with Crippen molar-refractivity contribution >= 4 is 23.1 Å². The fourth-order valence-electron chi connectivity index (χ4n) is 2.51. The second kappa shape index (κ2) is 6.76. The largest absolute Gasteiger partial charge is 0.462 e. The first-order valence-corrected chi connectivity index (χ1v) is 8.02. The highest BCUT2D eigenvalue weighted by molar-refractivity contribution is 6.05. The van der Waals surface area contributed by atoms with E-state index in [2.05, 4.69) is 10.4 Å². The Labute approximate surface area is 145 Å². The minimum atomic E-state index is -0.435. The highest BCUT2D eigenvalue weighted by Gasteiger charge is 2.15. The summed E-state index contributed by atoms with van der Waals surface area (Å²) in [7, 11) is 0. The molecule has 0 aliphatic heterocycles. The summed E-state index contributed by atoms with van der Waals surface area (Å²) in [5.74, 6) is -0.639. The first kappa shape index (κ1) is 16.7. The standard InChI is InChI=1S/C19H19N3O3/c1-4-25-19(24)16-11-20-22-8-7-15(10-17(16)22)21-18(23)14-6-5-12(2)13(3)9-14/h5-11H,4H2,1-3H3,(H,21,23). The molecule has 0 spiro atoms. The molecule has 0 fully saturated rings. The van der Waals surface area contributed by atoms with E-state index in [4.69, 9.17) is 4.74 Å². The number of anilines is 1. The Morgan fingerprint density at radius 3 is 2.68 bits per heavy atom. The average molecular weight is 337 g/mol. The molecule has 0 bridgehead atoms. The third kappa shape index (κ3) is 3.38. The van der Waals surface area contributed by atoms with Gasteiger partial charge in [-0.1, -0.05) is 6.07 Å². The second-order valence-corrected chi connectivity index (χ2v) is 5.78. The summed E-state index contributed by atoms with van der Waals surface area (Å²) in [6, 6.07) is 9.00. The summed E-state index contributed by atoms with van der Waals surface area (Å²) in [5, 5.41) is 6.98. The van der Waals surface area contributed by atoms with Crippen LogP contribution in [-0.2, 0) is 4.74 Å². The fraction of sp³-hybridized carbons (Fsp3) is 0.211. The number of carbonyl (C=O) groups is 2. The van der Waals surface area contributed by atoms with E-state index in [0.29, 0.717) is 28.9 Å². The van der Waals surface area contributed by atoms with Crippen LogP contribution in [0.3, 0.4) is 0 Å². The number of pyridine rings is 1. The smallest absolute Gasteiger partial charge is 0.341 e. The first-order valence-electron chi connectivity index (χ1n) is 8.02. The number of rotatable bonds is 4. The summed E-state index contributed by atoms with van der Waals surface area (Å²) < 4.78 is 6.60. The number of aryl methyl sites for hydroxylation is 2. The zero-order chi connectivity index (χ0) is 18.0. The first-order chi connectivity index (χ1) is 12.0. The topological polar surface area (TPSA) is 72.7 Å². The molecule has 0 saturated carbocycles. The van der Waals surface area contributed by atoms with E-state index in [1.54, 1.807) is 35.8 Å². The molecule has 6 nitrogen and oxygen atoms in total. The van der Waals surface area contributed by atoms with Crippen molar-refractivity contribution in [3.05, 3.63) is 65.0 Å². The van der Waals surface area contributed by atoms with E-state index in [0.717, 1.165) is 11.1 Å². The zero-order valence-corrected chi connectivity index (χ0v) is 14.4. The molecule has 6 heteroatoms. The Morgan fingerprint density at radius 2 is 1.96 bits per heavy atom. The number of benzene rings is 1. The molecule has 1 amide bonds. The van der Waals surface area contributed by atoms with Gasteiger partial charge in [-0.3, -0.25) is 4.79 Å². The summed E-state index contributed by atoms with van der Waals surface area (Å²) in [6.07, 6.45) is 3.15. The lowest BCUT2D eigenvalue weighted by Gasteiger charge is -2.08. The van der Waals surface area contributed by atoms with Crippen LogP contribution in [-0.4, -0.2) is 28.1 Å². The van der Waals surface area contributed by atoms with E-state index in [1.165, 1.54) is 6.20 Å². The van der Waals surface area contributed by atoms with E-state index in [-0.39, 0.29) is 5.91 Å². The van der Waals surface area contributed by atoms with Crippen molar-refractivity contribution in [3.8, 4) is 0 Å². The molecule has 25 heavy (non-hydrogen) atoms. The SMILES string of the molecule is CCOC(=O)c1cnn2ccc(NC(=O)c3ccc(C)c(C)c3)cc12. The highest BCUT2D eigenvalue weighted by Crippen LogP contribution is 2.18. The maximum Gasteiger partial charge on any atom is 0.341 e. The van der Waals surface area contributed by atoms with Crippen LogP contribution < -0.4 is 5.32 Å². The van der Waals surface area contributed by atoms with Gasteiger partial charge in [0.25, 0.3) is 5.91 Å². The quantitative estimate of drug-likeness (QED) is 0.741. The molecule has 0 radical (unpaired) electrons. The molecule has 0 unspecified atom stereocenters. The number of hydrogen-bond acceptors (Lipinski definition) is 4. The van der Waals surface area contributed by atoms with Crippen LogP contribution in [0.1, 0.15) is 38.8 Å². The van der Waals surface area contributed by atoms with Crippen molar-refractivity contribution in [2.75, 3.05) is 11.9 Å². The number of hydrogen-bond donors (Lipinski definition) is 1. The summed E-state index contributed by atoms with van der Waals surface area (Å²) >= 11 is 0. The van der Waals surface area contributed by atoms with Gasteiger partial charge in [0.2, 0.25) is 0 Å². The van der Waals surface area contributed by atoms with Gasteiger partial charge in [0.05, 0.1) is 18.3 Å². The Bertz CT molecular complexity index is 960. The number of carbonyl (C=O) groups excluding carboxylic acids is 2. The number of nitrogens with zero attached hydrogens (tertiary/aromatic N) is 2. The van der Waals surface area contributed by atoms with Gasteiger partial charge < -0.3 is 10.1 Å². The van der Waals surface area contributed by atoms with Crippen LogP contribution in [0.15, 0.2) is 42.7 Å². The number of fused-ring (bicyclic) bond motifs is 1. The van der Waals surface area contributed by atoms with Gasteiger partial charge in [0.1, 0.15) is 5.56 Å². The van der Waals surface area contributed by atoms with Crippen LogP contribution in [0.25, 0.3) is 5.52 Å². The van der Waals surface area contributed by atoms with Crippen molar-refractivity contribution in [2.45, 2.75) is 20.8 Å². The van der Waals surface area contributed by atoms with Crippen molar-refractivity contribution in [1.82, 2.24) is 9.61 Å². The zero-order valence-electron chi connectivity index (χ0n) is 14.4. The van der Waals surface area contributed by atoms with Crippen LogP contribution in [0.2, 0.25) is 0 Å². The molecule has 1 N–H and O–H groups in total. The molecule has 0 aliphatic rings. The van der Waals surface area contributed by atoms with E-state index in [1.807, 2.05) is 26.0 Å². The van der Waals surface area contributed by atoms with Gasteiger partial charge in [0.15, 0.2) is 0 Å². The molecular weight excluding hydrogens is 318 g/mol. The molecule has 3 rings (SSSR count). The lowest BCUT2D eigenvalue weighted by Crippen LogP contribution is -2.12. The van der Waals surface area contributed by atoms with Gasteiger partial charge in [-0.25, -0.2) is 9.31 Å². The molecule has 0 atom stereocenters. The van der Waals surface area contributed by atoms with Crippen LogP contribution in [0.4, 0.5) is 5.69 Å². The summed E-state index contributed by atoms with van der Waals surface area (Å²) in [4.78, 5) is 24.4. The number of aromatic nitrogens is 2. The van der Waals surface area contributed by atoms with Crippen molar-refractivity contribution in [2.24, 2.45) is 0 Å². The second-order valence-electron chi connectivity index (χ2n) is 5.78. The van der Waals surface area contributed by atoms with E-state index in [9.17, 15) is 9.59 Å². The highest BCUT2D eigenvalue weighted by atomic mass is 16.5. The lowest BCUT2D eigenvalue weighted by molar-refractivity contribution is 0.0528. The molecule has 2 aromatic heterocycles. The van der Waals surface area contributed by atoms with Crippen molar-refractivity contribution in [1.29, 1.82) is 0 Å². The Balaban J connectivity index is 1.88. The predicted octanol–water partition coefficient (Wildman–Crippen LogP) is 3.38. The molecule has 3 aromatic rings. The summed E-state index contributed by atoms with van der Waals surface area (Å²) in [6.45, 7) is 6.01. The van der Waals surface area contributed by atoms with Crippen molar-refractivity contribution in [3.63, 3.8) is 0 Å². The normalized spacial score (nSPS) is 10.7. The number of ether oxygens (including phenoxy) is 1. The predicted molar refractivity (Wildman–Crippen MR) is 95.0 cm³/mol. The minimum absolute atomic E-state index is 0.204. The van der Waals surface area contributed by atoms with Gasteiger partial charge in [-0.15, -0.1) is 0 Å². The lowest BCUT2D eigenvalue weighted by atomic mass is 10.1. The maximum atomic E-state index is 12.4. The van der Waals surface area contributed by atoms with Crippen LogP contribution in [0.5, 0.6) is 0 Å². The van der Waals surface area contributed by atoms with Gasteiger partial charge in [0, 0.05) is 17.4 Å². The van der Waals surface area contributed by atoms with Crippen LogP contribution >= 0.6 is 0 Å². The third-order valence-corrected chi connectivity index (χ3v) is 4.04. The summed E-state index contributed by atoms with van der Waals surface area (Å²) in [5.41, 5.74) is 4.31. The van der Waals surface area contributed by atoms with Gasteiger partial charge in [-0.2, -0.15) is 5.10 Å². The minimum Gasteiger partial charge on any atom is -0.462 e. The van der Waals surface area contributed by atoms with E-state index < -0.39 is 5.97 Å². The number of nitrogens with one attached hydrogen (secondary N) is 1. The van der Waals surface area contributed by atoms with Gasteiger partial charge >= 0.3 is 5.97 Å². The molecule has 128 valence electrons. The van der Waals surface area contributed by atoms with Gasteiger partial charge in [-0.05, 0) is 56.2 Å². The van der Waals surface area contributed by atoms with E-state index >= 15 is 0 Å². The maximum absolute atomic E-state index is 12.4. The molecule has 0 saturated heterocycles. The number of amides is 1. The van der Waals surface area contributed by atoms with Crippen molar-refractivity contribution < 1.29 is 14.3 Å². The molecule has 2 heterocycles. The fourth-order valence-corrected chi connectivity index (χ4v) is 2.51.